The summed E-state index contributed by atoms with van der Waals surface area (Å²) in [6.45, 7) is 2.69. The third kappa shape index (κ3) is 41.3. The molecule has 0 bridgehead atoms. The van der Waals surface area contributed by atoms with Gasteiger partial charge in [-0.25, -0.2) is 0 Å². The number of allylic oxidation sites excluding steroid dienone is 13. The average molecular weight is 1230 g/mol. The van der Waals surface area contributed by atoms with Gasteiger partial charge in [0.1, 0.15) is 48.8 Å². The summed E-state index contributed by atoms with van der Waals surface area (Å²) in [6.07, 6.45) is 62.2. The zero-order valence-electron chi connectivity index (χ0n) is 54.7. The molecular formula is C73H129NO13. The van der Waals surface area contributed by atoms with Crippen LogP contribution >= 0.6 is 0 Å². The fourth-order valence-electron chi connectivity index (χ4n) is 11.2. The van der Waals surface area contributed by atoms with E-state index >= 15 is 0 Å². The molecule has 14 heteroatoms. The summed E-state index contributed by atoms with van der Waals surface area (Å²) in [6, 6.07) is -0.934. The first-order valence-corrected chi connectivity index (χ1v) is 35.3. The van der Waals surface area contributed by atoms with Crippen molar-refractivity contribution in [3.8, 4) is 0 Å². The number of hydrogen-bond donors (Lipinski definition) is 9. The van der Waals surface area contributed by atoms with Gasteiger partial charge >= 0.3 is 0 Å². The van der Waals surface area contributed by atoms with Gasteiger partial charge in [0.05, 0.1) is 32.0 Å². The third-order valence-electron chi connectivity index (χ3n) is 16.8. The maximum absolute atomic E-state index is 13.3. The van der Waals surface area contributed by atoms with Crippen LogP contribution in [0.4, 0.5) is 0 Å². The van der Waals surface area contributed by atoms with E-state index in [1.807, 2.05) is 6.08 Å². The standard InChI is InChI=1S/C73H129NO13/c1-3-5-7-9-11-13-15-17-19-21-23-24-25-26-27-28-29-30-31-32-33-34-35-36-37-38-39-41-43-45-47-49-51-53-55-57-65(78)74-61(62(77)56-54-52-50-48-46-44-42-40-22-20-18-16-14-12-10-8-6-4-2)60-84-72-70(83)68(81)71(64(59-76)86-72)87-73-69(82)67(80)66(79)63(58-75)85-73/h5,7,11,13,17,19,23-24,26-27,46,48,54,56,61-64,66-73,75-77,79-83H,3-4,6,8-10,12,14-16,18,20-22,25,28-45,47,49-53,55,57-60H2,1-2H3,(H,74,78)/b7-5-,13-11-,19-17-,24-23-,27-26-,48-46+,56-54+. The molecule has 2 fully saturated rings. The van der Waals surface area contributed by atoms with Crippen LogP contribution in [0.25, 0.3) is 0 Å². The van der Waals surface area contributed by atoms with Gasteiger partial charge in [-0.2, -0.15) is 0 Å². The molecule has 12 atom stereocenters. The maximum atomic E-state index is 13.3. The van der Waals surface area contributed by atoms with Crippen molar-refractivity contribution in [2.24, 2.45) is 0 Å². The van der Waals surface area contributed by atoms with E-state index in [0.29, 0.717) is 12.8 Å². The van der Waals surface area contributed by atoms with Gasteiger partial charge in [0.2, 0.25) is 5.91 Å². The summed E-state index contributed by atoms with van der Waals surface area (Å²) in [7, 11) is 0. The fourth-order valence-corrected chi connectivity index (χ4v) is 11.2. The first kappa shape index (κ1) is 80.3. The van der Waals surface area contributed by atoms with Gasteiger partial charge in [0.15, 0.2) is 12.6 Å². The van der Waals surface area contributed by atoms with Crippen LogP contribution in [0.5, 0.6) is 0 Å². The highest BCUT2D eigenvalue weighted by molar-refractivity contribution is 5.76. The Kier molecular flexibility index (Phi) is 52.7. The molecule has 2 saturated heterocycles. The van der Waals surface area contributed by atoms with E-state index in [-0.39, 0.29) is 18.9 Å². The molecule has 0 aromatic heterocycles. The van der Waals surface area contributed by atoms with Crippen LogP contribution in [0, 0.1) is 0 Å². The summed E-state index contributed by atoms with van der Waals surface area (Å²) < 4.78 is 22.8. The lowest BCUT2D eigenvalue weighted by Gasteiger charge is -2.46. The monoisotopic (exact) mass is 1230 g/mol. The van der Waals surface area contributed by atoms with Gasteiger partial charge in [-0.15, -0.1) is 0 Å². The molecule has 0 spiro atoms. The molecule has 0 aliphatic carbocycles. The largest absolute Gasteiger partial charge is 0.394 e. The quantitative estimate of drug-likeness (QED) is 0.0204. The Morgan fingerprint density at radius 3 is 1.26 bits per heavy atom. The highest BCUT2D eigenvalue weighted by atomic mass is 16.7. The molecule has 2 heterocycles. The topological polar surface area (TPSA) is 228 Å². The lowest BCUT2D eigenvalue weighted by atomic mass is 9.97. The lowest BCUT2D eigenvalue weighted by molar-refractivity contribution is -0.359. The lowest BCUT2D eigenvalue weighted by Crippen LogP contribution is -2.65. The Morgan fingerprint density at radius 2 is 0.805 bits per heavy atom. The number of amides is 1. The minimum Gasteiger partial charge on any atom is -0.394 e. The molecule has 87 heavy (non-hydrogen) atoms. The van der Waals surface area contributed by atoms with Crippen molar-refractivity contribution >= 4 is 5.91 Å². The van der Waals surface area contributed by atoms with Gasteiger partial charge in [0.25, 0.3) is 0 Å². The molecule has 14 nitrogen and oxygen atoms in total. The average Bonchev–Trinajstić information content (AvgIpc) is 3.71. The van der Waals surface area contributed by atoms with E-state index in [2.05, 4.69) is 92.1 Å². The first-order chi connectivity index (χ1) is 42.6. The summed E-state index contributed by atoms with van der Waals surface area (Å²) in [5, 5.41) is 87.3. The van der Waals surface area contributed by atoms with Crippen LogP contribution in [-0.4, -0.2) is 140 Å². The number of carbonyl (C=O) groups excluding carboxylic acids is 1. The van der Waals surface area contributed by atoms with E-state index in [1.54, 1.807) is 6.08 Å². The van der Waals surface area contributed by atoms with Crippen LogP contribution in [0.2, 0.25) is 0 Å². The Hall–Kier alpha value is -2.83. The minimum atomic E-state index is -1.79. The van der Waals surface area contributed by atoms with Crippen molar-refractivity contribution in [3.05, 3.63) is 85.1 Å². The molecule has 0 aromatic rings. The number of ether oxygens (including phenoxy) is 4. The molecule has 2 aliphatic rings. The van der Waals surface area contributed by atoms with Crippen LogP contribution in [0.3, 0.4) is 0 Å². The molecule has 2 aliphatic heterocycles. The minimum absolute atomic E-state index is 0.248. The maximum Gasteiger partial charge on any atom is 0.220 e. The van der Waals surface area contributed by atoms with E-state index in [1.165, 1.54) is 180 Å². The Labute approximate surface area is 529 Å². The highest BCUT2D eigenvalue weighted by Crippen LogP contribution is 2.30. The normalized spacial score (nSPS) is 23.8. The van der Waals surface area contributed by atoms with Crippen molar-refractivity contribution in [1.82, 2.24) is 5.32 Å². The molecule has 504 valence electrons. The summed E-state index contributed by atoms with van der Waals surface area (Å²) >= 11 is 0. The van der Waals surface area contributed by atoms with Gasteiger partial charge < -0.3 is 65.1 Å². The zero-order chi connectivity index (χ0) is 63.1. The third-order valence-corrected chi connectivity index (χ3v) is 16.8. The zero-order valence-corrected chi connectivity index (χ0v) is 54.7. The summed E-state index contributed by atoms with van der Waals surface area (Å²) in [4.78, 5) is 13.3. The van der Waals surface area contributed by atoms with Gasteiger partial charge in [0, 0.05) is 6.42 Å². The smallest absolute Gasteiger partial charge is 0.220 e. The van der Waals surface area contributed by atoms with Gasteiger partial charge in [-0.05, 0) is 77.0 Å². The Morgan fingerprint density at radius 1 is 0.425 bits per heavy atom. The van der Waals surface area contributed by atoms with E-state index in [4.69, 9.17) is 18.9 Å². The highest BCUT2D eigenvalue weighted by Gasteiger charge is 2.51. The van der Waals surface area contributed by atoms with Crippen molar-refractivity contribution in [1.29, 1.82) is 0 Å². The Bertz CT molecular complexity index is 1780. The number of carbonyl (C=O) groups is 1. The van der Waals surface area contributed by atoms with Crippen LogP contribution in [-0.2, 0) is 23.7 Å². The van der Waals surface area contributed by atoms with Crippen LogP contribution in [0.1, 0.15) is 277 Å². The number of nitrogens with one attached hydrogen (secondary N) is 1. The van der Waals surface area contributed by atoms with Crippen molar-refractivity contribution in [2.45, 2.75) is 351 Å². The molecule has 0 aromatic carbocycles. The van der Waals surface area contributed by atoms with Crippen LogP contribution in [0.15, 0.2) is 85.1 Å². The number of rotatable bonds is 57. The molecule has 0 radical (unpaired) electrons. The molecule has 12 unspecified atom stereocenters. The van der Waals surface area contributed by atoms with E-state index < -0.39 is 86.8 Å². The van der Waals surface area contributed by atoms with Gasteiger partial charge in [-0.1, -0.05) is 279 Å². The SMILES string of the molecule is CC/C=C\C/C=C\C/C=C\C/C=C\C/C=C\CCCCCCCCCCCCCCCCCCCCCC(=O)NC(COC1OC(CO)C(OC2OC(CO)C(O)C(O)C2O)C(O)C1O)C(O)/C=C/CC/C=C/CCCCCCCCCCCCCC. The number of unbranched alkanes of at least 4 members (excludes halogenated alkanes) is 32. The number of hydrogen-bond acceptors (Lipinski definition) is 13. The summed E-state index contributed by atoms with van der Waals surface area (Å²) in [5.41, 5.74) is 0. The molecular weight excluding hydrogens is 1100 g/mol. The first-order valence-electron chi connectivity index (χ1n) is 35.3. The van der Waals surface area contributed by atoms with Gasteiger partial charge in [-0.3, -0.25) is 4.79 Å². The molecule has 1 amide bonds. The second-order valence-corrected chi connectivity index (χ2v) is 24.6. The Balaban J connectivity index is 1.63. The van der Waals surface area contributed by atoms with Crippen molar-refractivity contribution in [3.63, 3.8) is 0 Å². The predicted octanol–water partition coefficient (Wildman–Crippen LogP) is 14.4. The van der Waals surface area contributed by atoms with Crippen LogP contribution < -0.4 is 5.32 Å². The van der Waals surface area contributed by atoms with Crippen molar-refractivity contribution in [2.75, 3.05) is 19.8 Å². The fraction of sp³-hybridized carbons (Fsp3) is 0.795. The molecule has 2 rings (SSSR count). The number of aliphatic hydroxyl groups is 8. The summed E-state index contributed by atoms with van der Waals surface area (Å²) in [5.74, 6) is -0.248. The molecule has 0 saturated carbocycles. The number of aliphatic hydroxyl groups excluding tert-OH is 8. The second-order valence-electron chi connectivity index (χ2n) is 24.6. The second kappa shape index (κ2) is 57.1. The van der Waals surface area contributed by atoms with E-state index in [9.17, 15) is 45.6 Å². The molecule has 9 N–H and O–H groups in total. The van der Waals surface area contributed by atoms with E-state index in [0.717, 1.165) is 64.2 Å². The van der Waals surface area contributed by atoms with Crippen molar-refractivity contribution < 1.29 is 64.6 Å². The predicted molar refractivity (Wildman–Crippen MR) is 355 cm³/mol.